The third-order valence-corrected chi connectivity index (χ3v) is 5.14. The number of carbonyl (C=O) groups is 2. The molecule has 28 heavy (non-hydrogen) atoms. The molecule has 1 heterocycles. The van der Waals surface area contributed by atoms with E-state index in [1.165, 1.54) is 0 Å². The van der Waals surface area contributed by atoms with Crippen LogP contribution in [0.25, 0.3) is 11.1 Å². The Balaban J connectivity index is 1.82. The molecule has 0 fully saturated rings. The number of hydrogen-bond donors (Lipinski definition) is 2. The van der Waals surface area contributed by atoms with Gasteiger partial charge in [-0.2, -0.15) is 0 Å². The summed E-state index contributed by atoms with van der Waals surface area (Å²) in [6.45, 7) is 4.45. The highest BCUT2D eigenvalue weighted by Gasteiger charge is 2.26. The zero-order chi connectivity index (χ0) is 19.8. The van der Waals surface area contributed by atoms with Gasteiger partial charge in [0.15, 0.2) is 0 Å². The van der Waals surface area contributed by atoms with Gasteiger partial charge in [0.2, 0.25) is 5.91 Å². The van der Waals surface area contributed by atoms with Gasteiger partial charge in [-0.25, -0.2) is 4.79 Å². The predicted octanol–water partition coefficient (Wildman–Crippen LogP) is 4.43. The van der Waals surface area contributed by atoms with E-state index >= 15 is 0 Å². The monoisotopic (exact) mass is 371 g/mol. The van der Waals surface area contributed by atoms with E-state index < -0.39 is 5.91 Å². The molecular formula is C23H21N3O2. The number of nitrogens with two attached hydrogens (primary N) is 1. The van der Waals surface area contributed by atoms with Gasteiger partial charge in [0, 0.05) is 12.1 Å². The number of primary amides is 1. The fraction of sp³-hybridized carbons (Fsp3) is 0.130. The Morgan fingerprint density at radius 1 is 0.964 bits per heavy atom. The van der Waals surface area contributed by atoms with Crippen molar-refractivity contribution in [1.82, 2.24) is 5.32 Å². The summed E-state index contributed by atoms with van der Waals surface area (Å²) in [7, 11) is 0. The van der Waals surface area contributed by atoms with Crippen molar-refractivity contribution in [3.05, 3.63) is 82.9 Å². The van der Waals surface area contributed by atoms with Crippen LogP contribution < -0.4 is 16.0 Å². The molecule has 0 aromatic heterocycles. The zero-order valence-electron chi connectivity index (χ0n) is 15.8. The van der Waals surface area contributed by atoms with Crippen molar-refractivity contribution >= 4 is 23.3 Å². The minimum atomic E-state index is -0.447. The summed E-state index contributed by atoms with van der Waals surface area (Å²) >= 11 is 0. The molecular weight excluding hydrogens is 350 g/mol. The largest absolute Gasteiger partial charge is 0.366 e. The summed E-state index contributed by atoms with van der Waals surface area (Å²) in [4.78, 5) is 25.9. The van der Waals surface area contributed by atoms with Crippen molar-refractivity contribution in [2.75, 3.05) is 4.90 Å². The molecule has 3 N–H and O–H groups in total. The number of benzene rings is 3. The van der Waals surface area contributed by atoms with Gasteiger partial charge >= 0.3 is 6.03 Å². The molecule has 0 atom stereocenters. The van der Waals surface area contributed by atoms with Gasteiger partial charge in [0.1, 0.15) is 0 Å². The third-order valence-electron chi connectivity index (χ3n) is 5.14. The summed E-state index contributed by atoms with van der Waals surface area (Å²) in [5.74, 6) is -0.447. The van der Waals surface area contributed by atoms with Crippen molar-refractivity contribution in [3.8, 4) is 11.1 Å². The van der Waals surface area contributed by atoms with Crippen LogP contribution >= 0.6 is 0 Å². The van der Waals surface area contributed by atoms with E-state index in [-0.39, 0.29) is 6.03 Å². The summed E-state index contributed by atoms with van der Waals surface area (Å²) < 4.78 is 0. The van der Waals surface area contributed by atoms with E-state index in [2.05, 4.69) is 11.4 Å². The highest BCUT2D eigenvalue weighted by molar-refractivity contribution is 6.03. The molecule has 0 aliphatic carbocycles. The van der Waals surface area contributed by atoms with E-state index in [0.717, 1.165) is 39.2 Å². The topological polar surface area (TPSA) is 75.4 Å². The molecule has 0 bridgehead atoms. The average Bonchev–Trinajstić information content (AvgIpc) is 2.69. The number of anilines is 2. The second kappa shape index (κ2) is 6.85. The zero-order valence-corrected chi connectivity index (χ0v) is 15.8. The maximum atomic E-state index is 12.6. The maximum absolute atomic E-state index is 12.6. The molecule has 0 spiro atoms. The Hall–Kier alpha value is -3.60. The predicted molar refractivity (Wildman–Crippen MR) is 111 cm³/mol. The first-order valence-electron chi connectivity index (χ1n) is 9.13. The van der Waals surface area contributed by atoms with Crippen molar-refractivity contribution in [1.29, 1.82) is 0 Å². The van der Waals surface area contributed by atoms with E-state index in [1.54, 1.807) is 11.0 Å². The second-order valence-corrected chi connectivity index (χ2v) is 7.02. The fourth-order valence-electron chi connectivity index (χ4n) is 3.61. The number of fused-ring (bicyclic) bond motifs is 1. The van der Waals surface area contributed by atoms with E-state index in [4.69, 9.17) is 5.73 Å². The second-order valence-electron chi connectivity index (χ2n) is 7.02. The Labute approximate surface area is 163 Å². The Kier molecular flexibility index (Phi) is 4.35. The number of para-hydroxylation sites is 1. The number of hydrogen-bond acceptors (Lipinski definition) is 2. The lowest BCUT2D eigenvalue weighted by atomic mass is 9.95. The van der Waals surface area contributed by atoms with E-state index in [9.17, 15) is 9.59 Å². The molecule has 0 radical (unpaired) electrons. The van der Waals surface area contributed by atoms with Crippen LogP contribution in [0.1, 0.15) is 27.0 Å². The van der Waals surface area contributed by atoms with Gasteiger partial charge in [-0.1, -0.05) is 30.3 Å². The summed E-state index contributed by atoms with van der Waals surface area (Å²) in [5.41, 5.74) is 12.7. The summed E-state index contributed by atoms with van der Waals surface area (Å²) in [6, 6.07) is 19.1. The normalized spacial score (nSPS) is 13.1. The van der Waals surface area contributed by atoms with E-state index in [1.807, 2.05) is 62.4 Å². The number of aryl methyl sites for hydroxylation is 2. The highest BCUT2D eigenvalue weighted by atomic mass is 16.2. The van der Waals surface area contributed by atoms with Crippen LogP contribution in [0.15, 0.2) is 60.7 Å². The minimum Gasteiger partial charge on any atom is -0.366 e. The first kappa shape index (κ1) is 17.8. The first-order chi connectivity index (χ1) is 13.5. The standard InChI is InChI=1S/C23H21N3O2/c1-14-7-8-17(22(24)27)12-19(14)16-9-10-21-18(11-16)13-25-23(28)26(21)20-6-4-3-5-15(20)2/h3-12H,13H2,1-2H3,(H2,24,27)(H,25,28). The molecule has 5 heteroatoms. The minimum absolute atomic E-state index is 0.138. The number of urea groups is 1. The Bertz CT molecular complexity index is 1100. The molecule has 0 saturated carbocycles. The number of rotatable bonds is 3. The number of nitrogens with one attached hydrogen (secondary N) is 1. The van der Waals surface area contributed by atoms with Crippen LogP contribution in [0.2, 0.25) is 0 Å². The van der Waals surface area contributed by atoms with Crippen LogP contribution in [0, 0.1) is 13.8 Å². The van der Waals surface area contributed by atoms with Crippen LogP contribution in [0.5, 0.6) is 0 Å². The average molecular weight is 371 g/mol. The first-order valence-corrected chi connectivity index (χ1v) is 9.13. The molecule has 140 valence electrons. The lowest BCUT2D eigenvalue weighted by Crippen LogP contribution is -2.41. The maximum Gasteiger partial charge on any atom is 0.326 e. The van der Waals surface area contributed by atoms with Crippen LogP contribution in [-0.2, 0) is 6.54 Å². The summed E-state index contributed by atoms with van der Waals surface area (Å²) in [5, 5.41) is 2.95. The number of amides is 3. The smallest absolute Gasteiger partial charge is 0.326 e. The molecule has 1 aliphatic heterocycles. The van der Waals surface area contributed by atoms with Crippen molar-refractivity contribution in [3.63, 3.8) is 0 Å². The lowest BCUT2D eigenvalue weighted by Gasteiger charge is -2.31. The molecule has 1 aliphatic rings. The van der Waals surface area contributed by atoms with Gasteiger partial charge in [0.25, 0.3) is 0 Å². The third kappa shape index (κ3) is 3.01. The molecule has 3 aromatic carbocycles. The van der Waals surface area contributed by atoms with Crippen LogP contribution in [-0.4, -0.2) is 11.9 Å². The number of carbonyl (C=O) groups excluding carboxylic acids is 2. The lowest BCUT2D eigenvalue weighted by molar-refractivity contribution is 0.100. The fourth-order valence-corrected chi connectivity index (χ4v) is 3.61. The molecule has 0 unspecified atom stereocenters. The summed E-state index contributed by atoms with van der Waals surface area (Å²) in [6.07, 6.45) is 0. The van der Waals surface area contributed by atoms with Gasteiger partial charge < -0.3 is 11.1 Å². The molecule has 4 rings (SSSR count). The Morgan fingerprint density at radius 2 is 1.75 bits per heavy atom. The Morgan fingerprint density at radius 3 is 2.50 bits per heavy atom. The SMILES string of the molecule is Cc1ccc(C(N)=O)cc1-c1ccc2c(c1)CNC(=O)N2c1ccccc1C. The molecule has 0 saturated heterocycles. The van der Waals surface area contributed by atoms with Crippen molar-refractivity contribution < 1.29 is 9.59 Å². The van der Waals surface area contributed by atoms with Crippen molar-refractivity contribution in [2.45, 2.75) is 20.4 Å². The van der Waals surface area contributed by atoms with Gasteiger partial charge in [-0.15, -0.1) is 0 Å². The van der Waals surface area contributed by atoms with E-state index in [0.29, 0.717) is 12.1 Å². The molecule has 3 aromatic rings. The van der Waals surface area contributed by atoms with Crippen LogP contribution in [0.4, 0.5) is 16.2 Å². The molecule has 3 amide bonds. The van der Waals surface area contributed by atoms with Crippen LogP contribution in [0.3, 0.4) is 0 Å². The number of nitrogens with zero attached hydrogens (tertiary/aromatic N) is 1. The highest BCUT2D eigenvalue weighted by Crippen LogP contribution is 2.36. The molecule has 5 nitrogen and oxygen atoms in total. The quantitative estimate of drug-likeness (QED) is 0.715. The van der Waals surface area contributed by atoms with Crippen molar-refractivity contribution in [2.24, 2.45) is 5.73 Å². The van der Waals surface area contributed by atoms with Gasteiger partial charge in [0.05, 0.1) is 11.4 Å². The van der Waals surface area contributed by atoms with Gasteiger partial charge in [-0.05, 0) is 72.0 Å². The van der Waals surface area contributed by atoms with Gasteiger partial charge in [-0.3, -0.25) is 9.69 Å².